The van der Waals surface area contributed by atoms with Gasteiger partial charge < -0.3 is 15.8 Å². The van der Waals surface area contributed by atoms with Crippen LogP contribution in [0.15, 0.2) is 50.7 Å². The Morgan fingerprint density at radius 3 is 2.11 bits per heavy atom. The topological polar surface area (TPSA) is 58.6 Å². The first-order valence-corrected chi connectivity index (χ1v) is 6.03. The van der Waals surface area contributed by atoms with Crippen LogP contribution in [0, 0.1) is 5.21 Å². The van der Waals surface area contributed by atoms with Crippen molar-refractivity contribution < 1.29 is 5.21 Å². The summed E-state index contributed by atoms with van der Waals surface area (Å²) in [6, 6.07) is 8.70. The monoisotopic (exact) mass is 327 g/mol. The predicted molar refractivity (Wildman–Crippen MR) is 74.5 cm³/mol. The molecule has 1 aromatic rings. The molecule has 0 aliphatic rings. The molecule has 0 aromatic heterocycles. The second kappa shape index (κ2) is 7.09. The quantitative estimate of drug-likeness (QED) is 0.482. The van der Waals surface area contributed by atoms with Gasteiger partial charge in [0.1, 0.15) is 9.65 Å². The summed E-state index contributed by atoms with van der Waals surface area (Å²) in [5, 5.41) is 20.9. The van der Waals surface area contributed by atoms with Crippen LogP contribution in [0.2, 0.25) is 0 Å². The minimum Gasteiger partial charge on any atom is -0.733 e. The van der Waals surface area contributed by atoms with E-state index in [1.807, 2.05) is 0 Å². The van der Waals surface area contributed by atoms with Crippen LogP contribution in [-0.2, 0) is 0 Å². The number of halogens is 4. The zero-order valence-electron chi connectivity index (χ0n) is 8.70. The Morgan fingerprint density at radius 1 is 1.11 bits per heavy atom. The van der Waals surface area contributed by atoms with Gasteiger partial charge in [-0.2, -0.15) is 0 Å². The van der Waals surface area contributed by atoms with Crippen LogP contribution >= 0.6 is 46.4 Å². The number of rotatable bonds is 4. The summed E-state index contributed by atoms with van der Waals surface area (Å²) in [5.74, 6) is 0. The van der Waals surface area contributed by atoms with Gasteiger partial charge in [0.05, 0.1) is 10.7 Å². The van der Waals surface area contributed by atoms with Crippen LogP contribution in [0.5, 0.6) is 0 Å². The fourth-order valence-electron chi connectivity index (χ4n) is 1.05. The van der Waals surface area contributed by atoms with Gasteiger partial charge in [-0.25, -0.2) is 0 Å². The molecular weight excluding hydrogens is 322 g/mol. The van der Waals surface area contributed by atoms with E-state index in [9.17, 15) is 5.21 Å². The molecule has 18 heavy (non-hydrogen) atoms. The van der Waals surface area contributed by atoms with E-state index in [0.29, 0.717) is 5.69 Å². The average Bonchev–Trinajstić information content (AvgIpc) is 2.35. The molecule has 0 fully saturated rings. The molecule has 0 amide bonds. The minimum absolute atomic E-state index is 0.109. The third-order valence-corrected chi connectivity index (χ3v) is 3.09. The number of hydrogen-bond donors (Lipinski definition) is 2. The normalized spacial score (nSPS) is 11.7. The van der Waals surface area contributed by atoms with Crippen molar-refractivity contribution >= 4 is 52.1 Å². The predicted octanol–water partition coefficient (Wildman–Crippen LogP) is 4.58. The van der Waals surface area contributed by atoms with Crippen LogP contribution < -0.4 is 5.32 Å². The Morgan fingerprint density at radius 2 is 1.67 bits per heavy atom. The molecule has 0 unspecified atom stereocenters. The van der Waals surface area contributed by atoms with Gasteiger partial charge in [-0.15, -0.1) is 0 Å². The van der Waals surface area contributed by atoms with E-state index in [0.717, 1.165) is 0 Å². The van der Waals surface area contributed by atoms with Gasteiger partial charge in [-0.1, -0.05) is 64.6 Å². The van der Waals surface area contributed by atoms with Gasteiger partial charge in [-0.3, -0.25) is 5.21 Å². The molecule has 0 saturated heterocycles. The van der Waals surface area contributed by atoms with Gasteiger partial charge in [-0.05, 0) is 12.1 Å². The van der Waals surface area contributed by atoms with Crippen LogP contribution in [-0.4, -0.2) is 10.4 Å². The van der Waals surface area contributed by atoms with E-state index in [1.54, 1.807) is 30.3 Å². The van der Waals surface area contributed by atoms with Crippen molar-refractivity contribution in [1.29, 1.82) is 0 Å². The fraction of sp³-hybridized carbons (Fsp3) is 0. The lowest BCUT2D eigenvalue weighted by Crippen LogP contribution is -2.13. The van der Waals surface area contributed by atoms with E-state index in [4.69, 9.17) is 51.6 Å². The first-order chi connectivity index (χ1) is 8.43. The van der Waals surface area contributed by atoms with Gasteiger partial charge in [0.15, 0.2) is 0 Å². The number of anilines is 1. The van der Waals surface area contributed by atoms with Crippen LogP contribution in [0.4, 0.5) is 5.69 Å². The van der Waals surface area contributed by atoms with E-state index in [1.165, 1.54) is 0 Å². The van der Waals surface area contributed by atoms with Crippen molar-refractivity contribution in [3.63, 3.8) is 0 Å². The molecule has 0 atom stereocenters. The Kier molecular flexibility index (Phi) is 6.08. The zero-order valence-corrected chi connectivity index (χ0v) is 11.7. The highest BCUT2D eigenvalue weighted by atomic mass is 35.5. The number of hydroxylamine groups is 2. The summed E-state index contributed by atoms with van der Waals surface area (Å²) in [6.45, 7) is 0. The van der Waals surface area contributed by atoms with Gasteiger partial charge in [0, 0.05) is 5.69 Å². The van der Waals surface area contributed by atoms with Crippen molar-refractivity contribution in [3.8, 4) is 0 Å². The molecule has 0 aliphatic heterocycles. The maximum Gasteiger partial charge on any atom is 0.143 e. The fourth-order valence-corrected chi connectivity index (χ4v) is 1.57. The third kappa shape index (κ3) is 4.24. The summed E-state index contributed by atoms with van der Waals surface area (Å²) in [5.41, 5.74) is 0.474. The molecule has 0 aliphatic carbocycles. The summed E-state index contributed by atoms with van der Waals surface area (Å²) in [6.07, 6.45) is 0. The Hall–Kier alpha value is -0.620. The largest absolute Gasteiger partial charge is 0.733 e. The van der Waals surface area contributed by atoms with Gasteiger partial charge in [0.2, 0.25) is 0 Å². The second-order valence-corrected chi connectivity index (χ2v) is 4.69. The SMILES string of the molecule is [O-]N(O)/C(Cl)=C(\Nc1ccccc1)C(Cl)=C(Cl)Cl. The number of benzene rings is 1. The highest BCUT2D eigenvalue weighted by Crippen LogP contribution is 2.30. The molecule has 1 rings (SSSR count). The number of nitrogens with one attached hydrogen (secondary N) is 1. The summed E-state index contributed by atoms with van der Waals surface area (Å²) in [4.78, 5) is 0. The second-order valence-electron chi connectivity index (χ2n) is 3.00. The van der Waals surface area contributed by atoms with Crippen LogP contribution in [0.1, 0.15) is 0 Å². The zero-order chi connectivity index (χ0) is 13.7. The van der Waals surface area contributed by atoms with Crippen molar-refractivity contribution in [3.05, 3.63) is 55.9 Å². The van der Waals surface area contributed by atoms with Gasteiger partial charge >= 0.3 is 0 Å². The molecule has 0 saturated carbocycles. The highest BCUT2D eigenvalue weighted by molar-refractivity contribution is 6.60. The lowest BCUT2D eigenvalue weighted by Gasteiger charge is -2.24. The van der Waals surface area contributed by atoms with E-state index in [2.05, 4.69) is 5.32 Å². The smallest absolute Gasteiger partial charge is 0.143 e. The number of allylic oxidation sites excluding steroid dienone is 1. The summed E-state index contributed by atoms with van der Waals surface area (Å²) in [7, 11) is 0. The molecule has 0 bridgehead atoms. The number of nitrogens with zero attached hydrogens (tertiary/aromatic N) is 1. The molecule has 4 nitrogen and oxygen atoms in total. The highest BCUT2D eigenvalue weighted by Gasteiger charge is 2.13. The van der Waals surface area contributed by atoms with Crippen molar-refractivity contribution in [1.82, 2.24) is 5.23 Å². The standard InChI is InChI=1S/C10H7Cl4N2O2/c11-7(9(12)13)8(10(14)16(17)18)15-6-4-2-1-3-5-6/h1-5,15,17H/q-1/b10-8-. The first-order valence-electron chi connectivity index (χ1n) is 4.52. The molecule has 98 valence electrons. The Bertz CT molecular complexity index is 470. The Balaban J connectivity index is 3.16. The summed E-state index contributed by atoms with van der Waals surface area (Å²) >= 11 is 22.5. The number of para-hydroxylation sites is 1. The van der Waals surface area contributed by atoms with Crippen molar-refractivity contribution in [2.75, 3.05) is 5.32 Å². The van der Waals surface area contributed by atoms with Crippen molar-refractivity contribution in [2.45, 2.75) is 0 Å². The van der Waals surface area contributed by atoms with Gasteiger partial charge in [0.25, 0.3) is 0 Å². The molecule has 0 heterocycles. The Labute approximate surface area is 124 Å². The molecule has 0 radical (unpaired) electrons. The maximum absolute atomic E-state index is 10.8. The number of hydrogen-bond acceptors (Lipinski definition) is 4. The molecule has 1 aromatic carbocycles. The average molecular weight is 329 g/mol. The molecular formula is C10H7Cl4N2O2-. The first kappa shape index (κ1) is 15.4. The lowest BCUT2D eigenvalue weighted by atomic mass is 10.3. The maximum atomic E-state index is 10.8. The van der Waals surface area contributed by atoms with Crippen molar-refractivity contribution in [2.24, 2.45) is 0 Å². The van der Waals surface area contributed by atoms with Crippen LogP contribution in [0.3, 0.4) is 0 Å². The molecule has 0 spiro atoms. The summed E-state index contributed by atoms with van der Waals surface area (Å²) < 4.78 is -0.296. The van der Waals surface area contributed by atoms with Crippen LogP contribution in [0.25, 0.3) is 0 Å². The van der Waals surface area contributed by atoms with E-state index in [-0.39, 0.29) is 15.2 Å². The third-order valence-electron chi connectivity index (χ3n) is 1.80. The minimum atomic E-state index is -0.595. The lowest BCUT2D eigenvalue weighted by molar-refractivity contribution is 0.00516. The van der Waals surface area contributed by atoms with E-state index < -0.39 is 10.4 Å². The molecule has 8 heteroatoms. The van der Waals surface area contributed by atoms with E-state index >= 15 is 0 Å². The molecule has 2 N–H and O–H groups in total.